The molecule has 144 valence electrons. The van der Waals surface area contributed by atoms with Gasteiger partial charge < -0.3 is 14.0 Å². The topological polar surface area (TPSA) is 82.5 Å². The van der Waals surface area contributed by atoms with Crippen molar-refractivity contribution in [2.24, 2.45) is 7.05 Å². The van der Waals surface area contributed by atoms with E-state index in [9.17, 15) is 8.42 Å². The fourth-order valence-electron chi connectivity index (χ4n) is 2.73. The monoisotopic (exact) mass is 407 g/mol. The van der Waals surface area contributed by atoms with Gasteiger partial charge in [0.15, 0.2) is 11.5 Å². The molecule has 7 nitrogen and oxygen atoms in total. The summed E-state index contributed by atoms with van der Waals surface area (Å²) in [5.74, 6) is 0.971. The van der Waals surface area contributed by atoms with E-state index in [-0.39, 0.29) is 4.90 Å². The van der Waals surface area contributed by atoms with E-state index in [0.717, 1.165) is 16.4 Å². The van der Waals surface area contributed by atoms with Crippen LogP contribution in [0.2, 0.25) is 0 Å². The lowest BCUT2D eigenvalue weighted by Gasteiger charge is -2.12. The van der Waals surface area contributed by atoms with Crippen molar-refractivity contribution in [1.82, 2.24) is 9.55 Å². The highest BCUT2D eigenvalue weighted by Gasteiger charge is 2.24. The SMILES string of the molecule is COc1ccc(NS(=O)(=O)c2cc(-c3nc(C)cs3)n(C)c2C)cc1OC. The highest BCUT2D eigenvalue weighted by molar-refractivity contribution is 7.92. The highest BCUT2D eigenvalue weighted by Crippen LogP contribution is 2.33. The van der Waals surface area contributed by atoms with E-state index in [2.05, 4.69) is 9.71 Å². The summed E-state index contributed by atoms with van der Waals surface area (Å²) in [6.45, 7) is 3.68. The Kier molecular flexibility index (Phi) is 5.16. The molecular formula is C18H21N3O4S2. The van der Waals surface area contributed by atoms with Crippen LogP contribution in [0.25, 0.3) is 10.7 Å². The van der Waals surface area contributed by atoms with Gasteiger partial charge in [0, 0.05) is 29.9 Å². The third-order valence-corrected chi connectivity index (χ3v) is 6.73. The Morgan fingerprint density at radius 1 is 1.11 bits per heavy atom. The van der Waals surface area contributed by atoms with E-state index in [1.807, 2.05) is 23.9 Å². The molecule has 0 fully saturated rings. The van der Waals surface area contributed by atoms with E-state index in [1.54, 1.807) is 31.2 Å². The van der Waals surface area contributed by atoms with Gasteiger partial charge in [-0.1, -0.05) is 0 Å². The number of aromatic nitrogens is 2. The third kappa shape index (κ3) is 3.65. The minimum Gasteiger partial charge on any atom is -0.493 e. The summed E-state index contributed by atoms with van der Waals surface area (Å²) in [5.41, 5.74) is 2.69. The first-order chi connectivity index (χ1) is 12.8. The van der Waals surface area contributed by atoms with Crippen molar-refractivity contribution in [2.45, 2.75) is 18.7 Å². The summed E-state index contributed by atoms with van der Waals surface area (Å²) in [7, 11) is 1.07. The van der Waals surface area contributed by atoms with Gasteiger partial charge in [0.2, 0.25) is 0 Å². The predicted molar refractivity (Wildman–Crippen MR) is 106 cm³/mol. The maximum Gasteiger partial charge on any atom is 0.263 e. The van der Waals surface area contributed by atoms with Crippen LogP contribution in [0.4, 0.5) is 5.69 Å². The number of methoxy groups -OCH3 is 2. The summed E-state index contributed by atoms with van der Waals surface area (Å²) in [4.78, 5) is 4.67. The molecule has 0 atom stereocenters. The maximum atomic E-state index is 13.0. The molecule has 2 heterocycles. The molecule has 0 saturated heterocycles. The van der Waals surface area contributed by atoms with Crippen LogP contribution in [0.5, 0.6) is 11.5 Å². The second-order valence-corrected chi connectivity index (χ2v) is 8.52. The van der Waals surface area contributed by atoms with E-state index < -0.39 is 10.0 Å². The van der Waals surface area contributed by atoms with Gasteiger partial charge in [-0.2, -0.15) is 0 Å². The molecule has 9 heteroatoms. The summed E-state index contributed by atoms with van der Waals surface area (Å²) in [5, 5.41) is 2.72. The van der Waals surface area contributed by atoms with Crippen molar-refractivity contribution in [2.75, 3.05) is 18.9 Å². The molecule has 27 heavy (non-hydrogen) atoms. The Hall–Kier alpha value is -2.52. The second-order valence-electron chi connectivity index (χ2n) is 6.01. The van der Waals surface area contributed by atoms with Crippen LogP contribution in [0.15, 0.2) is 34.5 Å². The number of anilines is 1. The number of hydrogen-bond donors (Lipinski definition) is 1. The van der Waals surface area contributed by atoms with E-state index in [1.165, 1.54) is 25.6 Å². The van der Waals surface area contributed by atoms with Crippen LogP contribution in [0.3, 0.4) is 0 Å². The smallest absolute Gasteiger partial charge is 0.263 e. The molecule has 0 unspecified atom stereocenters. The van der Waals surface area contributed by atoms with Gasteiger partial charge in [-0.3, -0.25) is 4.72 Å². The van der Waals surface area contributed by atoms with Crippen molar-refractivity contribution in [3.63, 3.8) is 0 Å². The molecule has 0 saturated carbocycles. The zero-order chi connectivity index (χ0) is 19.8. The number of aryl methyl sites for hydroxylation is 1. The molecule has 0 radical (unpaired) electrons. The van der Waals surface area contributed by atoms with Gasteiger partial charge in [-0.05, 0) is 32.0 Å². The third-order valence-electron chi connectivity index (χ3n) is 4.25. The molecule has 0 bridgehead atoms. The van der Waals surface area contributed by atoms with Crippen molar-refractivity contribution in [3.05, 3.63) is 41.0 Å². The standard InChI is InChI=1S/C18H21N3O4S2/c1-11-10-26-18(19-11)14-9-17(12(2)21(14)3)27(22,23)20-13-6-7-15(24-4)16(8-13)25-5/h6-10,20H,1-5H3. The van der Waals surface area contributed by atoms with Gasteiger partial charge in [0.1, 0.15) is 9.90 Å². The molecule has 1 N–H and O–H groups in total. The molecule has 1 aromatic carbocycles. The minimum atomic E-state index is -3.78. The number of sulfonamides is 1. The summed E-state index contributed by atoms with van der Waals surface area (Å²) >= 11 is 1.48. The van der Waals surface area contributed by atoms with E-state index >= 15 is 0 Å². The molecule has 0 spiro atoms. The molecule has 0 amide bonds. The average molecular weight is 408 g/mol. The number of nitrogens with one attached hydrogen (secondary N) is 1. The number of nitrogens with zero attached hydrogens (tertiary/aromatic N) is 2. The van der Waals surface area contributed by atoms with Crippen LogP contribution in [0, 0.1) is 13.8 Å². The molecule has 3 rings (SSSR count). The molecular weight excluding hydrogens is 386 g/mol. The van der Waals surface area contributed by atoms with E-state index in [4.69, 9.17) is 9.47 Å². The number of thiazole rings is 1. The van der Waals surface area contributed by atoms with Crippen molar-refractivity contribution < 1.29 is 17.9 Å². The van der Waals surface area contributed by atoms with Gasteiger partial charge in [-0.25, -0.2) is 13.4 Å². The molecule has 2 aromatic heterocycles. The molecule has 0 aliphatic heterocycles. The Morgan fingerprint density at radius 3 is 2.41 bits per heavy atom. The Bertz CT molecular complexity index is 1080. The second kappa shape index (κ2) is 7.24. The molecule has 0 aliphatic rings. The zero-order valence-electron chi connectivity index (χ0n) is 15.7. The number of benzene rings is 1. The molecule has 3 aromatic rings. The van der Waals surface area contributed by atoms with Gasteiger partial charge in [0.25, 0.3) is 10.0 Å². The summed E-state index contributed by atoms with van der Waals surface area (Å²) in [6.07, 6.45) is 0. The van der Waals surface area contributed by atoms with Gasteiger partial charge in [0.05, 0.1) is 25.6 Å². The van der Waals surface area contributed by atoms with Crippen LogP contribution < -0.4 is 14.2 Å². The maximum absolute atomic E-state index is 13.0. The van der Waals surface area contributed by atoms with Crippen LogP contribution in [-0.4, -0.2) is 32.2 Å². The first-order valence-corrected chi connectivity index (χ1v) is 10.5. The van der Waals surface area contributed by atoms with Gasteiger partial charge in [-0.15, -0.1) is 11.3 Å². The fraction of sp³-hybridized carbons (Fsp3) is 0.278. The minimum absolute atomic E-state index is 0.211. The quantitative estimate of drug-likeness (QED) is 0.675. The van der Waals surface area contributed by atoms with Crippen LogP contribution >= 0.6 is 11.3 Å². The van der Waals surface area contributed by atoms with Gasteiger partial charge >= 0.3 is 0 Å². The summed E-state index contributed by atoms with van der Waals surface area (Å²) < 4.78 is 40.8. The highest BCUT2D eigenvalue weighted by atomic mass is 32.2. The number of ether oxygens (including phenoxy) is 2. The van der Waals surface area contributed by atoms with Crippen LogP contribution in [0.1, 0.15) is 11.4 Å². The number of rotatable bonds is 6. The van der Waals surface area contributed by atoms with Crippen molar-refractivity contribution >= 4 is 27.0 Å². The Morgan fingerprint density at radius 2 is 1.81 bits per heavy atom. The normalized spacial score (nSPS) is 11.4. The lowest BCUT2D eigenvalue weighted by atomic mass is 10.3. The lowest BCUT2D eigenvalue weighted by molar-refractivity contribution is 0.355. The van der Waals surface area contributed by atoms with Crippen molar-refractivity contribution in [1.29, 1.82) is 0 Å². The van der Waals surface area contributed by atoms with Crippen LogP contribution in [-0.2, 0) is 17.1 Å². The zero-order valence-corrected chi connectivity index (χ0v) is 17.4. The summed E-state index contributed by atoms with van der Waals surface area (Å²) in [6, 6.07) is 6.51. The fourth-order valence-corrected chi connectivity index (χ4v) is 4.92. The molecule has 0 aliphatic carbocycles. The Balaban J connectivity index is 1.98. The Labute approximate surface area is 162 Å². The average Bonchev–Trinajstić information content (AvgIpc) is 3.18. The number of hydrogen-bond acceptors (Lipinski definition) is 6. The lowest BCUT2D eigenvalue weighted by Crippen LogP contribution is -2.14. The first kappa shape index (κ1) is 19.2. The predicted octanol–water partition coefficient (Wildman–Crippen LogP) is 3.58. The largest absolute Gasteiger partial charge is 0.493 e. The van der Waals surface area contributed by atoms with Crippen molar-refractivity contribution in [3.8, 4) is 22.2 Å². The first-order valence-electron chi connectivity index (χ1n) is 8.10. The van der Waals surface area contributed by atoms with E-state index in [0.29, 0.717) is 22.9 Å².